The molecule has 0 fully saturated rings. The highest BCUT2D eigenvalue weighted by Crippen LogP contribution is 2.21. The number of rotatable bonds is 18. The van der Waals surface area contributed by atoms with Gasteiger partial charge in [-0.2, -0.15) is 0 Å². The summed E-state index contributed by atoms with van der Waals surface area (Å²) < 4.78 is 56.5. The molecule has 0 bridgehead atoms. The summed E-state index contributed by atoms with van der Waals surface area (Å²) in [6, 6.07) is 11.7. The van der Waals surface area contributed by atoms with Crippen molar-refractivity contribution in [2.45, 2.75) is 84.7 Å². The Morgan fingerprint density at radius 2 is 1.11 bits per heavy atom. The number of phenolic OH excluding ortho intramolecular Hbond substituents is 1. The third-order valence-electron chi connectivity index (χ3n) is 7.78. The van der Waals surface area contributed by atoms with E-state index in [0.717, 1.165) is 62.8 Å². The molecule has 2 aromatic carbocycles. The largest absolute Gasteiger partial charge is 0.503 e. The average Bonchev–Trinajstić information content (AvgIpc) is 3.19. The van der Waals surface area contributed by atoms with Crippen molar-refractivity contribution in [2.75, 3.05) is 12.5 Å². The van der Waals surface area contributed by atoms with Crippen molar-refractivity contribution in [1.29, 1.82) is 0 Å². The number of aromatic hydroxyl groups is 1. The first kappa shape index (κ1) is 48.6. The van der Waals surface area contributed by atoms with Gasteiger partial charge in [-0.1, -0.05) is 71.9 Å². The van der Waals surface area contributed by atoms with Gasteiger partial charge in [0.2, 0.25) is 0 Å². The SMILES string of the molecule is C.CCCCC[C@H](NC(=O)c1cccnc1)C(=O)CCl.CCCCC[C@H](NC(=O)c1cccnc1)C(=O)COc1c(F)cccc1F.Oc1c(F)cccc1F. The molecule has 0 spiro atoms. The van der Waals surface area contributed by atoms with Gasteiger partial charge in [-0.25, -0.2) is 17.6 Å². The number of alkyl halides is 1. The van der Waals surface area contributed by atoms with Crippen LogP contribution in [0.4, 0.5) is 17.6 Å². The van der Waals surface area contributed by atoms with E-state index >= 15 is 0 Å². The molecule has 304 valence electrons. The molecular weight excluding hydrogens is 756 g/mol. The lowest BCUT2D eigenvalue weighted by atomic mass is 10.0. The maximum Gasteiger partial charge on any atom is 0.253 e. The number of Topliss-reactive ketones (excluding diaryl/α,β-unsaturated/α-hetero) is 2. The number of ether oxygens (including phenoxy) is 1. The van der Waals surface area contributed by atoms with E-state index < -0.39 is 65.1 Å². The third kappa shape index (κ3) is 17.4. The van der Waals surface area contributed by atoms with Gasteiger partial charge < -0.3 is 20.5 Å². The molecule has 10 nitrogen and oxygen atoms in total. The lowest BCUT2D eigenvalue weighted by Gasteiger charge is -2.18. The van der Waals surface area contributed by atoms with E-state index in [2.05, 4.69) is 27.5 Å². The van der Waals surface area contributed by atoms with E-state index in [-0.39, 0.29) is 25.0 Å². The Balaban J connectivity index is 0.000000468. The molecule has 4 rings (SSSR count). The van der Waals surface area contributed by atoms with Crippen molar-refractivity contribution in [3.63, 3.8) is 0 Å². The summed E-state index contributed by atoms with van der Waals surface area (Å²) in [4.78, 5) is 56.2. The molecular formula is C41H49ClF4N4O6. The van der Waals surface area contributed by atoms with Gasteiger partial charge in [0.15, 0.2) is 46.3 Å². The number of carbonyl (C=O) groups excluding carboxylic acids is 4. The summed E-state index contributed by atoms with van der Waals surface area (Å²) in [5, 5.41) is 13.8. The van der Waals surface area contributed by atoms with Crippen molar-refractivity contribution in [2.24, 2.45) is 0 Å². The molecule has 56 heavy (non-hydrogen) atoms. The molecule has 0 radical (unpaired) electrons. The first-order valence-corrected chi connectivity index (χ1v) is 18.2. The summed E-state index contributed by atoms with van der Waals surface area (Å²) in [5.74, 6) is -6.55. The Labute approximate surface area is 330 Å². The molecule has 4 aromatic rings. The molecule has 0 aliphatic rings. The molecule has 2 atom stereocenters. The number of hydrogen-bond donors (Lipinski definition) is 3. The monoisotopic (exact) mass is 804 g/mol. The lowest BCUT2D eigenvalue weighted by molar-refractivity contribution is -0.123. The average molecular weight is 805 g/mol. The molecule has 0 saturated carbocycles. The molecule has 0 unspecified atom stereocenters. The number of pyridine rings is 2. The minimum atomic E-state index is -0.935. The van der Waals surface area contributed by atoms with Crippen LogP contribution in [0.3, 0.4) is 0 Å². The predicted octanol–water partition coefficient (Wildman–Crippen LogP) is 8.56. The number of nitrogens with zero attached hydrogens (tertiary/aromatic N) is 2. The second-order valence-electron chi connectivity index (χ2n) is 12.0. The van der Waals surface area contributed by atoms with Gasteiger partial charge in [0.05, 0.1) is 29.1 Å². The number of halogens is 5. The summed E-state index contributed by atoms with van der Waals surface area (Å²) in [6.45, 7) is 3.57. The van der Waals surface area contributed by atoms with Crippen LogP contribution in [0.2, 0.25) is 0 Å². The first-order chi connectivity index (χ1) is 26.4. The van der Waals surface area contributed by atoms with Gasteiger partial charge in [-0.3, -0.25) is 29.1 Å². The molecule has 0 saturated heterocycles. The number of nitrogens with one attached hydrogen (secondary N) is 2. The Morgan fingerprint density at radius 1 is 0.679 bits per heavy atom. The van der Waals surface area contributed by atoms with Gasteiger partial charge in [-0.05, 0) is 61.4 Å². The van der Waals surface area contributed by atoms with Crippen molar-refractivity contribution in [3.8, 4) is 11.5 Å². The number of unbranched alkanes of at least 4 members (excludes halogenated alkanes) is 4. The van der Waals surface area contributed by atoms with E-state index in [1.807, 2.05) is 6.92 Å². The minimum absolute atomic E-state index is 0. The van der Waals surface area contributed by atoms with E-state index in [9.17, 15) is 36.7 Å². The van der Waals surface area contributed by atoms with Crippen molar-refractivity contribution >= 4 is 35.0 Å². The second-order valence-corrected chi connectivity index (χ2v) is 12.3. The van der Waals surface area contributed by atoms with E-state index in [1.54, 1.807) is 30.5 Å². The van der Waals surface area contributed by atoms with Gasteiger partial charge in [0.25, 0.3) is 11.8 Å². The van der Waals surface area contributed by atoms with Crippen molar-refractivity contribution in [3.05, 3.63) is 120 Å². The van der Waals surface area contributed by atoms with Crippen molar-refractivity contribution < 1.29 is 46.6 Å². The Morgan fingerprint density at radius 3 is 1.48 bits per heavy atom. The fraction of sp³-hybridized carbons (Fsp3) is 0.366. The number of para-hydroxylation sites is 2. The zero-order valence-electron chi connectivity index (χ0n) is 30.6. The molecule has 0 aliphatic heterocycles. The van der Waals surface area contributed by atoms with Crippen LogP contribution in [0.25, 0.3) is 0 Å². The number of ketones is 2. The Bertz CT molecular complexity index is 1750. The summed E-state index contributed by atoms with van der Waals surface area (Å²) in [6.07, 6.45) is 12.6. The molecule has 2 aromatic heterocycles. The van der Waals surface area contributed by atoms with Crippen LogP contribution in [0.5, 0.6) is 11.5 Å². The second kappa shape index (κ2) is 27.2. The first-order valence-electron chi connectivity index (χ1n) is 17.7. The molecule has 0 aliphatic carbocycles. The maximum atomic E-state index is 13.6. The Kier molecular flexibility index (Phi) is 23.7. The summed E-state index contributed by atoms with van der Waals surface area (Å²) in [5.41, 5.74) is 0.775. The standard InChI is InChI=1S/C20H22F2N2O3.C14H19ClN2O2.C6H4F2O.CH4/c1-2-3-4-10-17(24-20(26)14-7-6-11-23-12-14)18(25)13-27-19-15(21)8-5-9-16(19)22;1-2-3-4-7-12(13(18)9-15)17-14(19)11-6-5-8-16-10-11;7-4-2-1-3-5(8)6(4)9;/h5-9,11-12,17H,2-4,10,13H2,1H3,(H,24,26);5-6,8,10,12H,2-4,7,9H2,1H3,(H,17,19);1-3,9H;1H4/t17-;12-;;/m00../s1. The predicted molar refractivity (Wildman–Crippen MR) is 207 cm³/mol. The van der Waals surface area contributed by atoms with Crippen LogP contribution in [-0.4, -0.2) is 63.0 Å². The number of benzene rings is 2. The summed E-state index contributed by atoms with van der Waals surface area (Å²) in [7, 11) is 0. The highest BCUT2D eigenvalue weighted by Gasteiger charge is 2.23. The maximum absolute atomic E-state index is 13.6. The third-order valence-corrected chi connectivity index (χ3v) is 8.04. The zero-order chi connectivity index (χ0) is 40.6. The van der Waals surface area contributed by atoms with Gasteiger partial charge in [-0.15, -0.1) is 11.6 Å². The molecule has 15 heteroatoms. The van der Waals surface area contributed by atoms with E-state index in [4.69, 9.17) is 21.4 Å². The van der Waals surface area contributed by atoms with E-state index in [1.165, 1.54) is 30.7 Å². The van der Waals surface area contributed by atoms with Crippen LogP contribution >= 0.6 is 11.6 Å². The minimum Gasteiger partial charge on any atom is -0.503 e. The highest BCUT2D eigenvalue weighted by atomic mass is 35.5. The van der Waals surface area contributed by atoms with E-state index in [0.29, 0.717) is 24.0 Å². The number of aromatic nitrogens is 2. The lowest BCUT2D eigenvalue weighted by Crippen LogP contribution is -2.43. The Hall–Kier alpha value is -5.37. The van der Waals surface area contributed by atoms with Gasteiger partial charge >= 0.3 is 0 Å². The van der Waals surface area contributed by atoms with Crippen LogP contribution in [0, 0.1) is 23.3 Å². The number of carbonyl (C=O) groups is 4. The fourth-order valence-corrected chi connectivity index (χ4v) is 4.93. The smallest absolute Gasteiger partial charge is 0.253 e. The molecule has 3 N–H and O–H groups in total. The van der Waals surface area contributed by atoms with Crippen LogP contribution in [0.1, 0.15) is 93.4 Å². The number of phenols is 1. The van der Waals surface area contributed by atoms with Gasteiger partial charge in [0.1, 0.15) is 6.61 Å². The number of hydrogen-bond acceptors (Lipinski definition) is 8. The normalized spacial score (nSPS) is 11.2. The number of amides is 2. The van der Waals surface area contributed by atoms with Gasteiger partial charge in [0, 0.05) is 24.8 Å². The highest BCUT2D eigenvalue weighted by molar-refractivity contribution is 6.28. The van der Waals surface area contributed by atoms with Crippen LogP contribution in [0.15, 0.2) is 85.5 Å². The topological polar surface area (TPSA) is 148 Å². The van der Waals surface area contributed by atoms with Crippen molar-refractivity contribution in [1.82, 2.24) is 20.6 Å². The zero-order valence-corrected chi connectivity index (χ0v) is 31.3. The van der Waals surface area contributed by atoms with Crippen LogP contribution < -0.4 is 15.4 Å². The molecule has 2 heterocycles. The molecule has 2 amide bonds. The quantitative estimate of drug-likeness (QED) is 0.0515. The van der Waals surface area contributed by atoms with Crippen LogP contribution in [-0.2, 0) is 9.59 Å². The fourth-order valence-electron chi connectivity index (χ4n) is 4.75. The summed E-state index contributed by atoms with van der Waals surface area (Å²) >= 11 is 5.58.